The number of hydrogen-bond acceptors (Lipinski definition) is 6. The molecule has 4 heterocycles. The molecule has 24 heavy (non-hydrogen) atoms. The lowest BCUT2D eigenvalue weighted by atomic mass is 10.2. The molecule has 0 aliphatic rings. The number of aromatic nitrogens is 8. The number of aryl methyl sites for hydroxylation is 2. The van der Waals surface area contributed by atoms with Crippen LogP contribution in [0.25, 0.3) is 22.3 Å². The van der Waals surface area contributed by atoms with Crippen molar-refractivity contribution in [1.82, 2.24) is 39.9 Å². The molecule has 0 unspecified atom stereocenters. The van der Waals surface area contributed by atoms with Crippen LogP contribution in [0.4, 0.5) is 0 Å². The van der Waals surface area contributed by atoms with Crippen molar-refractivity contribution in [3.8, 4) is 0 Å². The van der Waals surface area contributed by atoms with Crippen LogP contribution in [-0.2, 0) is 12.8 Å². The van der Waals surface area contributed by atoms with Gasteiger partial charge in [0.05, 0.1) is 12.7 Å². The Balaban J connectivity index is 1.41. The summed E-state index contributed by atoms with van der Waals surface area (Å²) in [7, 11) is 0. The molecule has 0 aliphatic carbocycles. The van der Waals surface area contributed by atoms with E-state index in [1.165, 1.54) is 12.7 Å². The summed E-state index contributed by atoms with van der Waals surface area (Å²) < 4.78 is 0. The Bertz CT molecular complexity index is 1030. The second-order valence-electron chi connectivity index (χ2n) is 5.43. The number of aromatic amines is 4. The van der Waals surface area contributed by atoms with E-state index in [0.29, 0.717) is 46.8 Å². The lowest BCUT2D eigenvalue weighted by molar-refractivity contribution is 0.686. The Morgan fingerprint density at radius 2 is 1.21 bits per heavy atom. The molecule has 4 rings (SSSR count). The summed E-state index contributed by atoms with van der Waals surface area (Å²) in [5.74, 6) is 1.20. The molecular weight excluding hydrogens is 312 g/mol. The van der Waals surface area contributed by atoms with E-state index in [0.717, 1.165) is 12.8 Å². The van der Waals surface area contributed by atoms with Crippen LogP contribution in [0.1, 0.15) is 24.5 Å². The van der Waals surface area contributed by atoms with E-state index in [1.807, 2.05) is 0 Å². The predicted octanol–water partition coefficient (Wildman–Crippen LogP) is 0.171. The molecule has 0 radical (unpaired) electrons. The number of rotatable bonds is 5. The number of fused-ring (bicyclic) bond motifs is 2. The van der Waals surface area contributed by atoms with Crippen LogP contribution in [0, 0.1) is 0 Å². The van der Waals surface area contributed by atoms with Crippen molar-refractivity contribution in [3.63, 3.8) is 0 Å². The molecule has 0 saturated heterocycles. The Morgan fingerprint density at radius 3 is 1.67 bits per heavy atom. The Labute approximate surface area is 133 Å². The average Bonchev–Trinajstić information content (AvgIpc) is 3.20. The van der Waals surface area contributed by atoms with E-state index in [4.69, 9.17) is 0 Å². The van der Waals surface area contributed by atoms with E-state index in [2.05, 4.69) is 39.9 Å². The molecule has 0 spiro atoms. The molecule has 4 aromatic rings. The van der Waals surface area contributed by atoms with Gasteiger partial charge in [-0.25, -0.2) is 19.9 Å². The van der Waals surface area contributed by atoms with Crippen LogP contribution in [0.2, 0.25) is 0 Å². The maximum absolute atomic E-state index is 11.8. The van der Waals surface area contributed by atoms with Gasteiger partial charge in [0.1, 0.15) is 11.6 Å². The molecule has 122 valence electrons. The zero-order valence-electron chi connectivity index (χ0n) is 12.6. The van der Waals surface area contributed by atoms with Crippen molar-refractivity contribution in [1.29, 1.82) is 0 Å². The highest BCUT2D eigenvalue weighted by molar-refractivity contribution is 5.68. The summed E-state index contributed by atoms with van der Waals surface area (Å²) in [6.45, 7) is 0. The summed E-state index contributed by atoms with van der Waals surface area (Å²) in [5.41, 5.74) is 1.16. The van der Waals surface area contributed by atoms with Gasteiger partial charge >= 0.3 is 0 Å². The van der Waals surface area contributed by atoms with Crippen LogP contribution < -0.4 is 11.1 Å². The summed E-state index contributed by atoms with van der Waals surface area (Å²) in [6.07, 6.45) is 5.72. The molecule has 0 saturated carbocycles. The Kier molecular flexibility index (Phi) is 3.41. The fourth-order valence-corrected chi connectivity index (χ4v) is 2.60. The number of H-pyrrole nitrogens is 4. The second kappa shape index (κ2) is 5.72. The molecule has 10 heteroatoms. The van der Waals surface area contributed by atoms with Crippen molar-refractivity contribution >= 4 is 22.3 Å². The van der Waals surface area contributed by atoms with E-state index in [-0.39, 0.29) is 11.1 Å². The molecule has 4 aromatic heterocycles. The third-order valence-corrected chi connectivity index (χ3v) is 3.77. The maximum Gasteiger partial charge on any atom is 0.276 e. The zero-order chi connectivity index (χ0) is 16.5. The highest BCUT2D eigenvalue weighted by Gasteiger charge is 2.07. The largest absolute Gasteiger partial charge is 0.339 e. The molecule has 0 atom stereocenters. The van der Waals surface area contributed by atoms with E-state index in [1.54, 1.807) is 0 Å². The lowest BCUT2D eigenvalue weighted by Crippen LogP contribution is -2.13. The molecule has 0 fully saturated rings. The molecule has 0 aliphatic heterocycles. The fourth-order valence-electron chi connectivity index (χ4n) is 2.60. The Hall–Kier alpha value is -3.30. The highest BCUT2D eigenvalue weighted by Crippen LogP contribution is 2.06. The van der Waals surface area contributed by atoms with Gasteiger partial charge in [0.15, 0.2) is 22.3 Å². The summed E-state index contributed by atoms with van der Waals surface area (Å²) in [6, 6.07) is 0. The third kappa shape index (κ3) is 2.57. The number of nitrogens with zero attached hydrogens (tertiary/aromatic N) is 4. The minimum atomic E-state index is -0.220. The first-order chi connectivity index (χ1) is 11.7. The van der Waals surface area contributed by atoms with Crippen LogP contribution in [0.3, 0.4) is 0 Å². The average molecular weight is 326 g/mol. The van der Waals surface area contributed by atoms with Crippen molar-refractivity contribution in [2.45, 2.75) is 25.7 Å². The van der Waals surface area contributed by atoms with Gasteiger partial charge in [-0.3, -0.25) is 9.59 Å². The van der Waals surface area contributed by atoms with Crippen LogP contribution >= 0.6 is 0 Å². The van der Waals surface area contributed by atoms with E-state index < -0.39 is 0 Å². The van der Waals surface area contributed by atoms with Gasteiger partial charge in [-0.2, -0.15) is 0 Å². The first kappa shape index (κ1) is 14.3. The smallest absolute Gasteiger partial charge is 0.276 e. The minimum absolute atomic E-state index is 0.220. The molecule has 0 aromatic carbocycles. The summed E-state index contributed by atoms with van der Waals surface area (Å²) in [5, 5.41) is 0. The molecular formula is C14H14N8O2. The fraction of sp³-hybridized carbons (Fsp3) is 0.286. The molecule has 0 bridgehead atoms. The van der Waals surface area contributed by atoms with Crippen molar-refractivity contribution < 1.29 is 0 Å². The number of unbranched alkanes of at least 4 members (excludes halogenated alkanes) is 1. The van der Waals surface area contributed by atoms with Crippen LogP contribution in [0.5, 0.6) is 0 Å². The van der Waals surface area contributed by atoms with E-state index >= 15 is 0 Å². The zero-order valence-corrected chi connectivity index (χ0v) is 12.6. The normalized spacial score (nSPS) is 11.5. The first-order valence-electron chi connectivity index (χ1n) is 7.55. The third-order valence-electron chi connectivity index (χ3n) is 3.77. The predicted molar refractivity (Wildman–Crippen MR) is 85.7 cm³/mol. The minimum Gasteiger partial charge on any atom is -0.339 e. The molecule has 10 nitrogen and oxygen atoms in total. The van der Waals surface area contributed by atoms with Gasteiger partial charge in [-0.05, 0) is 12.8 Å². The van der Waals surface area contributed by atoms with Gasteiger partial charge in [-0.1, -0.05) is 0 Å². The topological polar surface area (TPSA) is 149 Å². The monoisotopic (exact) mass is 326 g/mol. The number of nitrogens with one attached hydrogen (secondary N) is 4. The summed E-state index contributed by atoms with van der Waals surface area (Å²) >= 11 is 0. The SMILES string of the molecule is O=c1[nH]c(CCCCc2nc3nc[nH]c3c(=O)[nH]2)nc2nc[nH]c12. The van der Waals surface area contributed by atoms with Gasteiger partial charge in [-0.15, -0.1) is 0 Å². The lowest BCUT2D eigenvalue weighted by Gasteiger charge is -2.02. The van der Waals surface area contributed by atoms with Crippen molar-refractivity contribution in [2.24, 2.45) is 0 Å². The van der Waals surface area contributed by atoms with Crippen LogP contribution in [0.15, 0.2) is 22.2 Å². The highest BCUT2D eigenvalue weighted by atomic mass is 16.1. The summed E-state index contributed by atoms with van der Waals surface area (Å²) in [4.78, 5) is 51.2. The first-order valence-corrected chi connectivity index (χ1v) is 7.55. The Morgan fingerprint density at radius 1 is 0.750 bits per heavy atom. The standard InChI is InChI=1S/C14H14N8O2/c23-13-9-11(17-5-15-9)19-7(21-13)3-1-2-4-8-20-12-10(14(24)22-8)16-6-18-12/h5-6H,1-4H2,(H2,15,17,19,21,23)(H2,16,18,20,22,24). The van der Waals surface area contributed by atoms with Crippen LogP contribution in [-0.4, -0.2) is 39.9 Å². The van der Waals surface area contributed by atoms with E-state index in [9.17, 15) is 9.59 Å². The van der Waals surface area contributed by atoms with Crippen molar-refractivity contribution in [3.05, 3.63) is 45.0 Å². The second-order valence-corrected chi connectivity index (χ2v) is 5.43. The van der Waals surface area contributed by atoms with Gasteiger partial charge in [0.2, 0.25) is 0 Å². The number of hydrogen-bond donors (Lipinski definition) is 4. The van der Waals surface area contributed by atoms with Gasteiger partial charge in [0.25, 0.3) is 11.1 Å². The molecule has 4 N–H and O–H groups in total. The van der Waals surface area contributed by atoms with Gasteiger partial charge < -0.3 is 19.9 Å². The molecule has 0 amide bonds. The van der Waals surface area contributed by atoms with Gasteiger partial charge in [0, 0.05) is 12.8 Å². The quantitative estimate of drug-likeness (QED) is 0.384. The maximum atomic E-state index is 11.8. The van der Waals surface area contributed by atoms with Crippen molar-refractivity contribution in [2.75, 3.05) is 0 Å². The number of imidazole rings is 2.